The van der Waals surface area contributed by atoms with E-state index in [1.54, 1.807) is 17.3 Å². The summed E-state index contributed by atoms with van der Waals surface area (Å²) in [5.41, 5.74) is 3.34. The lowest BCUT2D eigenvalue weighted by Gasteiger charge is -2.29. The average Bonchev–Trinajstić information content (AvgIpc) is 2.61. The van der Waals surface area contributed by atoms with E-state index in [1.165, 1.54) is 6.08 Å². The number of nitrogens with one attached hydrogen (secondary N) is 1. The lowest BCUT2D eigenvalue weighted by molar-refractivity contribution is -0.127. The van der Waals surface area contributed by atoms with Crippen molar-refractivity contribution < 1.29 is 14.4 Å². The molecular formula is C17H20N3O3. The minimum absolute atomic E-state index is 0.308. The first kappa shape index (κ1) is 16.7. The fourth-order valence-electron chi connectivity index (χ4n) is 2.34. The Balaban J connectivity index is 1.96. The van der Waals surface area contributed by atoms with Gasteiger partial charge in [-0.15, -0.1) is 0 Å². The van der Waals surface area contributed by atoms with Crippen molar-refractivity contribution in [2.75, 3.05) is 19.6 Å². The number of likely N-dealkylation sites (tertiary alicyclic amines) is 1. The zero-order valence-corrected chi connectivity index (χ0v) is 12.9. The van der Waals surface area contributed by atoms with Crippen LogP contribution in [-0.4, -0.2) is 47.8 Å². The molecule has 0 aromatic heterocycles. The molecule has 23 heavy (non-hydrogen) atoms. The summed E-state index contributed by atoms with van der Waals surface area (Å²) in [4.78, 5) is 36.6. The number of hydrogen-bond acceptors (Lipinski definition) is 3. The van der Waals surface area contributed by atoms with E-state index in [9.17, 15) is 14.4 Å². The van der Waals surface area contributed by atoms with Crippen molar-refractivity contribution in [1.82, 2.24) is 15.3 Å². The molecule has 0 saturated carbocycles. The number of urea groups is 1. The van der Waals surface area contributed by atoms with E-state index in [2.05, 4.69) is 5.43 Å². The van der Waals surface area contributed by atoms with Crippen LogP contribution in [0.2, 0.25) is 0 Å². The molecule has 0 unspecified atom stereocenters. The van der Waals surface area contributed by atoms with Crippen LogP contribution in [0, 0.1) is 0 Å². The molecule has 0 aliphatic carbocycles. The van der Waals surface area contributed by atoms with E-state index in [1.807, 2.05) is 30.3 Å². The first-order chi connectivity index (χ1) is 11.2. The van der Waals surface area contributed by atoms with Crippen molar-refractivity contribution in [3.05, 3.63) is 42.0 Å². The highest BCUT2D eigenvalue weighted by Gasteiger charge is 2.20. The second-order valence-electron chi connectivity index (χ2n) is 5.28. The molecular weight excluding hydrogens is 294 g/mol. The number of carbonyl (C=O) groups is 2. The van der Waals surface area contributed by atoms with Gasteiger partial charge in [0.2, 0.25) is 6.29 Å². The molecule has 1 fully saturated rings. The third kappa shape index (κ3) is 5.25. The molecule has 1 aliphatic rings. The van der Waals surface area contributed by atoms with E-state index < -0.39 is 5.91 Å². The number of nitrogens with zero attached hydrogens (tertiary/aromatic N) is 2. The molecule has 1 heterocycles. The van der Waals surface area contributed by atoms with E-state index in [-0.39, 0.29) is 12.6 Å². The van der Waals surface area contributed by atoms with Gasteiger partial charge in [0.25, 0.3) is 5.91 Å². The van der Waals surface area contributed by atoms with Crippen molar-refractivity contribution in [2.45, 2.75) is 19.3 Å². The number of piperidine rings is 1. The maximum absolute atomic E-state index is 12.2. The van der Waals surface area contributed by atoms with E-state index in [0.29, 0.717) is 13.1 Å². The molecule has 6 heteroatoms. The summed E-state index contributed by atoms with van der Waals surface area (Å²) in [6.45, 7) is 1.02. The summed E-state index contributed by atoms with van der Waals surface area (Å²) in [5, 5.41) is 0.976. The maximum Gasteiger partial charge on any atom is 0.336 e. The number of carbonyl (C=O) groups excluding carboxylic acids is 3. The molecule has 0 spiro atoms. The molecule has 1 N–H and O–H groups in total. The molecule has 0 bridgehead atoms. The second-order valence-corrected chi connectivity index (χ2v) is 5.28. The Bertz CT molecular complexity index is 566. The standard InChI is InChI=1S/C17H20N3O3/c21-14-13-20(18-17(23)19-11-5-2-6-12-19)16(22)10-9-15-7-3-1-4-8-15/h1,3-4,7-10H,2,5-6,11-13H2,(H,18,23). The first-order valence-corrected chi connectivity index (χ1v) is 7.66. The van der Waals surface area contributed by atoms with Crippen LogP contribution in [0.5, 0.6) is 0 Å². The summed E-state index contributed by atoms with van der Waals surface area (Å²) in [6, 6.07) is 8.95. The van der Waals surface area contributed by atoms with Crippen LogP contribution in [0.4, 0.5) is 4.79 Å². The Morgan fingerprint density at radius 1 is 1.17 bits per heavy atom. The van der Waals surface area contributed by atoms with E-state index in [4.69, 9.17) is 0 Å². The van der Waals surface area contributed by atoms with Gasteiger partial charge < -0.3 is 4.90 Å². The number of amides is 3. The molecule has 6 nitrogen and oxygen atoms in total. The molecule has 2 rings (SSSR count). The molecule has 121 valence electrons. The van der Waals surface area contributed by atoms with Gasteiger partial charge in [-0.1, -0.05) is 30.3 Å². The maximum atomic E-state index is 12.2. The third-order valence-electron chi connectivity index (χ3n) is 3.58. The van der Waals surface area contributed by atoms with Crippen molar-refractivity contribution in [2.24, 2.45) is 0 Å². The minimum atomic E-state index is -0.470. The average molecular weight is 314 g/mol. The normalized spacial score (nSPS) is 14.5. The first-order valence-electron chi connectivity index (χ1n) is 7.66. The molecule has 0 atom stereocenters. The highest BCUT2D eigenvalue weighted by atomic mass is 16.2. The summed E-state index contributed by atoms with van der Waals surface area (Å²) in [7, 11) is 0. The second kappa shape index (κ2) is 8.73. The third-order valence-corrected chi connectivity index (χ3v) is 3.58. The predicted molar refractivity (Wildman–Crippen MR) is 86.8 cm³/mol. The number of benzene rings is 1. The Morgan fingerprint density at radius 3 is 2.52 bits per heavy atom. The zero-order chi connectivity index (χ0) is 16.5. The Kier molecular flexibility index (Phi) is 6.35. The van der Waals surface area contributed by atoms with Crippen LogP contribution in [0.3, 0.4) is 0 Å². The smallest absolute Gasteiger partial charge is 0.323 e. The van der Waals surface area contributed by atoms with Crippen LogP contribution in [0.15, 0.2) is 36.4 Å². The minimum Gasteiger partial charge on any atom is -0.323 e. The van der Waals surface area contributed by atoms with Gasteiger partial charge >= 0.3 is 6.03 Å². The van der Waals surface area contributed by atoms with Gasteiger partial charge in [0.15, 0.2) is 0 Å². The van der Waals surface area contributed by atoms with Gasteiger partial charge in [-0.3, -0.25) is 9.59 Å². The van der Waals surface area contributed by atoms with Crippen LogP contribution in [-0.2, 0) is 9.59 Å². The van der Waals surface area contributed by atoms with Crippen molar-refractivity contribution in [3.63, 3.8) is 0 Å². The molecule has 1 saturated heterocycles. The number of rotatable bonds is 4. The van der Waals surface area contributed by atoms with E-state index in [0.717, 1.165) is 29.8 Å². The zero-order valence-electron chi connectivity index (χ0n) is 12.9. The highest BCUT2D eigenvalue weighted by Crippen LogP contribution is 2.08. The van der Waals surface area contributed by atoms with Gasteiger partial charge in [-0.2, -0.15) is 0 Å². The monoisotopic (exact) mass is 314 g/mol. The summed E-state index contributed by atoms with van der Waals surface area (Å²) >= 11 is 0. The number of hydrogen-bond donors (Lipinski definition) is 1. The van der Waals surface area contributed by atoms with Crippen molar-refractivity contribution >= 4 is 24.3 Å². The molecule has 1 aromatic carbocycles. The summed E-state index contributed by atoms with van der Waals surface area (Å²) in [5.74, 6) is -0.470. The van der Waals surface area contributed by atoms with Crippen LogP contribution < -0.4 is 5.43 Å². The Morgan fingerprint density at radius 2 is 1.87 bits per heavy atom. The quantitative estimate of drug-likeness (QED) is 0.680. The lowest BCUT2D eigenvalue weighted by atomic mass is 10.1. The summed E-state index contributed by atoms with van der Waals surface area (Å²) in [6.07, 6.45) is 7.61. The fourth-order valence-corrected chi connectivity index (χ4v) is 2.34. The molecule has 1 aliphatic heterocycles. The highest BCUT2D eigenvalue weighted by molar-refractivity contribution is 5.94. The SMILES string of the molecule is O=[C]CN(NC(=O)N1CCCCC1)C(=O)C=Cc1ccccc1. The van der Waals surface area contributed by atoms with E-state index >= 15 is 0 Å². The van der Waals surface area contributed by atoms with Gasteiger partial charge in [0.1, 0.15) is 6.54 Å². The number of hydrazine groups is 1. The Labute approximate surface area is 135 Å². The van der Waals surface area contributed by atoms with Crippen LogP contribution in [0.1, 0.15) is 24.8 Å². The van der Waals surface area contributed by atoms with Gasteiger partial charge in [-0.25, -0.2) is 15.2 Å². The largest absolute Gasteiger partial charge is 0.336 e. The fraction of sp³-hybridized carbons (Fsp3) is 0.353. The Hall–Kier alpha value is -2.63. The topological polar surface area (TPSA) is 69.7 Å². The molecule has 1 radical (unpaired) electrons. The van der Waals surface area contributed by atoms with Crippen LogP contribution >= 0.6 is 0 Å². The van der Waals surface area contributed by atoms with Crippen LogP contribution in [0.25, 0.3) is 6.08 Å². The molecule has 3 amide bonds. The lowest BCUT2D eigenvalue weighted by Crippen LogP contribution is -2.52. The van der Waals surface area contributed by atoms with Gasteiger partial charge in [0.05, 0.1) is 0 Å². The summed E-state index contributed by atoms with van der Waals surface area (Å²) < 4.78 is 0. The molecule has 1 aromatic rings. The van der Waals surface area contributed by atoms with Gasteiger partial charge in [0, 0.05) is 19.2 Å². The van der Waals surface area contributed by atoms with Crippen molar-refractivity contribution in [3.8, 4) is 0 Å². The van der Waals surface area contributed by atoms with Gasteiger partial charge in [-0.05, 0) is 30.9 Å². The van der Waals surface area contributed by atoms with Crippen molar-refractivity contribution in [1.29, 1.82) is 0 Å². The predicted octanol–water partition coefficient (Wildman–Crippen LogP) is 1.75.